The largest absolute Gasteiger partial charge is 0.381 e. The molecular formula is C29H37N7O. The zero-order valence-corrected chi connectivity index (χ0v) is 22.0. The van der Waals surface area contributed by atoms with Crippen molar-refractivity contribution in [2.24, 2.45) is 0 Å². The van der Waals surface area contributed by atoms with Crippen molar-refractivity contribution in [3.8, 4) is 0 Å². The van der Waals surface area contributed by atoms with Crippen LogP contribution in [0.5, 0.6) is 0 Å². The molecule has 1 saturated carbocycles. The van der Waals surface area contributed by atoms with E-state index in [4.69, 9.17) is 4.98 Å². The molecule has 1 aliphatic carbocycles. The lowest BCUT2D eigenvalue weighted by Crippen LogP contribution is -2.47. The van der Waals surface area contributed by atoms with Gasteiger partial charge in [-0.25, -0.2) is 4.98 Å². The van der Waals surface area contributed by atoms with E-state index in [1.807, 2.05) is 35.4 Å². The van der Waals surface area contributed by atoms with Crippen molar-refractivity contribution in [2.45, 2.75) is 63.1 Å². The standard InChI is InChI=1S/C29H37N7O/c1-20-29(13-5-4-6-14-29)36-25(19-30-20)17-22-18-31-28(33-26(22)36)32-23-9-7-21(8-10-23)27(37)35-15-11-24(12-16-35)34(2)3/h7-10,17-18,24,30H,1,4-6,11-16,19H2,2-3H3,(H,31,32,33). The van der Waals surface area contributed by atoms with E-state index >= 15 is 0 Å². The van der Waals surface area contributed by atoms with Crippen LogP contribution in [0.3, 0.4) is 0 Å². The van der Waals surface area contributed by atoms with Gasteiger partial charge in [0, 0.05) is 53.4 Å². The first-order valence-electron chi connectivity index (χ1n) is 13.6. The first kappa shape index (κ1) is 24.0. The molecule has 8 heteroatoms. The van der Waals surface area contributed by atoms with Crippen LogP contribution in [0.25, 0.3) is 11.0 Å². The fourth-order valence-corrected chi connectivity index (χ4v) is 6.46. The molecule has 2 fully saturated rings. The van der Waals surface area contributed by atoms with Crippen LogP contribution < -0.4 is 10.6 Å². The molecule has 3 aromatic rings. The normalized spacial score (nSPS) is 19.8. The maximum Gasteiger partial charge on any atom is 0.253 e. The SMILES string of the molecule is C=C1NCc2cc3cnc(Nc4ccc(C(=O)N5CCC(N(C)C)CC5)cc4)nc3n2C12CCCCC2. The molecular weight excluding hydrogens is 462 g/mol. The lowest BCUT2D eigenvalue weighted by molar-refractivity contribution is 0.0663. The molecule has 194 valence electrons. The number of aromatic nitrogens is 3. The van der Waals surface area contributed by atoms with Crippen molar-refractivity contribution in [1.29, 1.82) is 0 Å². The first-order chi connectivity index (χ1) is 17.9. The maximum absolute atomic E-state index is 13.0. The van der Waals surface area contributed by atoms with Gasteiger partial charge in [0.1, 0.15) is 5.65 Å². The molecule has 3 aliphatic rings. The molecule has 1 saturated heterocycles. The summed E-state index contributed by atoms with van der Waals surface area (Å²) >= 11 is 0. The summed E-state index contributed by atoms with van der Waals surface area (Å²) in [7, 11) is 4.23. The van der Waals surface area contributed by atoms with Gasteiger partial charge in [-0.05, 0) is 70.1 Å². The summed E-state index contributed by atoms with van der Waals surface area (Å²) < 4.78 is 2.43. The number of nitrogens with zero attached hydrogens (tertiary/aromatic N) is 5. The van der Waals surface area contributed by atoms with Crippen molar-refractivity contribution in [1.82, 2.24) is 29.7 Å². The van der Waals surface area contributed by atoms with Gasteiger partial charge in [-0.2, -0.15) is 4.98 Å². The zero-order valence-electron chi connectivity index (χ0n) is 22.0. The Morgan fingerprint density at radius 1 is 1.14 bits per heavy atom. The summed E-state index contributed by atoms with van der Waals surface area (Å²) in [6, 6.07) is 10.4. The molecule has 0 radical (unpaired) electrons. The molecule has 0 unspecified atom stereocenters. The number of carbonyl (C=O) groups excluding carboxylic acids is 1. The summed E-state index contributed by atoms with van der Waals surface area (Å²) in [5.74, 6) is 0.668. The van der Waals surface area contributed by atoms with Gasteiger partial charge in [-0.1, -0.05) is 25.8 Å². The van der Waals surface area contributed by atoms with Crippen molar-refractivity contribution in [3.63, 3.8) is 0 Å². The van der Waals surface area contributed by atoms with E-state index in [1.165, 1.54) is 25.0 Å². The summed E-state index contributed by atoms with van der Waals surface area (Å²) in [5.41, 5.74) is 4.79. The summed E-state index contributed by atoms with van der Waals surface area (Å²) in [6.07, 6.45) is 9.81. The molecule has 2 N–H and O–H groups in total. The van der Waals surface area contributed by atoms with Gasteiger partial charge in [0.15, 0.2) is 0 Å². The van der Waals surface area contributed by atoms with Gasteiger partial charge in [0.05, 0.1) is 12.1 Å². The van der Waals surface area contributed by atoms with Gasteiger partial charge >= 0.3 is 0 Å². The van der Waals surface area contributed by atoms with Gasteiger partial charge in [-0.3, -0.25) is 4.79 Å². The molecule has 1 aromatic carbocycles. The topological polar surface area (TPSA) is 78.3 Å². The Labute approximate surface area is 218 Å². The van der Waals surface area contributed by atoms with Crippen molar-refractivity contribution in [3.05, 3.63) is 60.1 Å². The Morgan fingerprint density at radius 3 is 2.57 bits per heavy atom. The van der Waals surface area contributed by atoms with Crippen LogP contribution in [-0.4, -0.2) is 63.5 Å². The number of hydrogen-bond acceptors (Lipinski definition) is 6. The van der Waals surface area contributed by atoms with E-state index in [0.717, 1.165) is 73.3 Å². The minimum absolute atomic E-state index is 0.104. The number of allylic oxidation sites excluding steroid dienone is 1. The van der Waals surface area contributed by atoms with Crippen molar-refractivity contribution < 1.29 is 4.79 Å². The van der Waals surface area contributed by atoms with Crippen LogP contribution in [0.1, 0.15) is 61.0 Å². The number of benzene rings is 1. The Morgan fingerprint density at radius 2 is 1.86 bits per heavy atom. The fourth-order valence-electron chi connectivity index (χ4n) is 6.46. The van der Waals surface area contributed by atoms with Gasteiger partial charge < -0.3 is 25.0 Å². The number of carbonyl (C=O) groups is 1. The number of piperidine rings is 1. The summed E-state index contributed by atoms with van der Waals surface area (Å²) in [5, 5.41) is 7.96. The van der Waals surface area contributed by atoms with Crippen molar-refractivity contribution in [2.75, 3.05) is 32.5 Å². The van der Waals surface area contributed by atoms with Crippen LogP contribution in [-0.2, 0) is 12.1 Å². The lowest BCUT2D eigenvalue weighted by Gasteiger charge is -2.45. The molecule has 2 aliphatic heterocycles. The van der Waals surface area contributed by atoms with Crippen LogP contribution in [0.15, 0.2) is 48.8 Å². The Balaban J connectivity index is 1.21. The quantitative estimate of drug-likeness (QED) is 0.546. The minimum Gasteiger partial charge on any atom is -0.381 e. The highest BCUT2D eigenvalue weighted by Gasteiger charge is 2.41. The number of likely N-dealkylation sites (tertiary alicyclic amines) is 1. The first-order valence-corrected chi connectivity index (χ1v) is 13.6. The maximum atomic E-state index is 13.0. The molecule has 37 heavy (non-hydrogen) atoms. The van der Waals surface area contributed by atoms with Gasteiger partial charge in [-0.15, -0.1) is 0 Å². The molecule has 2 aromatic heterocycles. The Bertz CT molecular complexity index is 1310. The summed E-state index contributed by atoms with van der Waals surface area (Å²) in [4.78, 5) is 26.8. The van der Waals surface area contributed by atoms with E-state index in [2.05, 4.69) is 51.8 Å². The van der Waals surface area contributed by atoms with Crippen LogP contribution in [0.2, 0.25) is 0 Å². The average Bonchev–Trinajstić information content (AvgIpc) is 3.30. The van der Waals surface area contributed by atoms with E-state index in [9.17, 15) is 4.79 Å². The minimum atomic E-state index is -0.109. The third-order valence-corrected chi connectivity index (χ3v) is 8.64. The number of anilines is 2. The van der Waals surface area contributed by atoms with E-state index in [-0.39, 0.29) is 11.4 Å². The predicted octanol–water partition coefficient (Wildman–Crippen LogP) is 4.62. The molecule has 1 amide bonds. The third kappa shape index (κ3) is 4.27. The highest BCUT2D eigenvalue weighted by molar-refractivity contribution is 5.94. The third-order valence-electron chi connectivity index (χ3n) is 8.64. The molecule has 0 atom stereocenters. The number of fused-ring (bicyclic) bond motifs is 4. The molecule has 6 rings (SSSR count). The number of rotatable bonds is 4. The van der Waals surface area contributed by atoms with Gasteiger partial charge in [0.25, 0.3) is 5.91 Å². The second-order valence-electron chi connectivity index (χ2n) is 11.1. The van der Waals surface area contributed by atoms with E-state index in [1.54, 1.807) is 0 Å². The number of nitrogens with one attached hydrogen (secondary N) is 2. The molecule has 1 spiro atoms. The van der Waals surface area contributed by atoms with Crippen molar-refractivity contribution >= 4 is 28.6 Å². The highest BCUT2D eigenvalue weighted by atomic mass is 16.2. The highest BCUT2D eigenvalue weighted by Crippen LogP contribution is 2.44. The summed E-state index contributed by atoms with van der Waals surface area (Å²) in [6.45, 7) is 6.79. The zero-order chi connectivity index (χ0) is 25.6. The number of amides is 1. The molecule has 0 bridgehead atoms. The van der Waals surface area contributed by atoms with Crippen LogP contribution in [0, 0.1) is 0 Å². The Kier molecular flexibility index (Phi) is 6.15. The average molecular weight is 500 g/mol. The van der Waals surface area contributed by atoms with E-state index in [0.29, 0.717) is 12.0 Å². The number of hydrogen-bond donors (Lipinski definition) is 2. The molecule has 4 heterocycles. The monoisotopic (exact) mass is 499 g/mol. The van der Waals surface area contributed by atoms with Crippen LogP contribution in [0.4, 0.5) is 11.6 Å². The second kappa shape index (κ2) is 9.49. The second-order valence-corrected chi connectivity index (χ2v) is 11.1. The predicted molar refractivity (Wildman–Crippen MR) is 147 cm³/mol. The van der Waals surface area contributed by atoms with Crippen LogP contribution >= 0.6 is 0 Å². The smallest absolute Gasteiger partial charge is 0.253 e. The van der Waals surface area contributed by atoms with E-state index < -0.39 is 0 Å². The van der Waals surface area contributed by atoms with Gasteiger partial charge in [0.2, 0.25) is 5.95 Å². The lowest BCUT2D eigenvalue weighted by atomic mass is 9.78. The fraction of sp³-hybridized carbons (Fsp3) is 0.483. The Hall–Kier alpha value is -3.39. The molecule has 8 nitrogen and oxygen atoms in total.